The average molecular weight is 537 g/mol. The number of ether oxygens (including phenoxy) is 2. The minimum atomic E-state index is -1.04. The number of phenolic OH excluding ortho intramolecular Hbond substituents is 1. The van der Waals surface area contributed by atoms with E-state index in [1.807, 2.05) is 0 Å². The second-order valence-corrected chi connectivity index (χ2v) is 8.44. The molecule has 0 saturated carbocycles. The fraction of sp³-hybridized carbons (Fsp3) is 0.111. The van der Waals surface area contributed by atoms with Crippen LogP contribution in [0.1, 0.15) is 28.4 Å². The largest absolute Gasteiger partial charge is 0.508 e. The first-order chi connectivity index (χ1) is 18.2. The van der Waals surface area contributed by atoms with Gasteiger partial charge in [0.25, 0.3) is 11.8 Å². The molecule has 194 valence electrons. The fourth-order valence-electron chi connectivity index (χ4n) is 3.63. The number of benzene rings is 3. The summed E-state index contributed by atoms with van der Waals surface area (Å²) in [6.07, 6.45) is 1.28. The van der Waals surface area contributed by atoms with Crippen molar-refractivity contribution >= 4 is 47.2 Å². The molecular weight excluding hydrogens is 516 g/mol. The summed E-state index contributed by atoms with van der Waals surface area (Å²) in [6, 6.07) is 13.6. The third-order valence-corrected chi connectivity index (χ3v) is 5.72. The van der Waals surface area contributed by atoms with E-state index in [9.17, 15) is 24.3 Å². The van der Waals surface area contributed by atoms with Crippen LogP contribution in [0.15, 0.2) is 66.2 Å². The molecule has 1 aliphatic rings. The summed E-state index contributed by atoms with van der Waals surface area (Å²) in [7, 11) is 0. The van der Waals surface area contributed by atoms with Crippen molar-refractivity contribution in [3.05, 3.63) is 87.9 Å². The topological polar surface area (TPSA) is 142 Å². The molecule has 11 heteroatoms. The van der Waals surface area contributed by atoms with E-state index in [4.69, 9.17) is 26.2 Å². The Morgan fingerprint density at radius 3 is 2.34 bits per heavy atom. The third-order valence-electron chi connectivity index (χ3n) is 5.44. The van der Waals surface area contributed by atoms with Crippen LogP contribution in [0, 0.1) is 0 Å². The van der Waals surface area contributed by atoms with Crippen molar-refractivity contribution in [1.29, 1.82) is 0 Å². The lowest BCUT2D eigenvalue weighted by molar-refractivity contribution is -0.122. The maximum atomic E-state index is 13.1. The maximum Gasteiger partial charge on any atom is 0.335 e. The summed E-state index contributed by atoms with van der Waals surface area (Å²) in [5.41, 5.74) is 1.03. The van der Waals surface area contributed by atoms with Crippen LogP contribution in [0.2, 0.25) is 5.02 Å². The Balaban J connectivity index is 1.62. The second-order valence-electron chi connectivity index (χ2n) is 8.03. The number of amides is 4. The molecule has 10 nitrogen and oxygen atoms in total. The number of rotatable bonds is 8. The highest BCUT2D eigenvalue weighted by Crippen LogP contribution is 2.38. The SMILES string of the molecule is CCOc1cc(/C=C2\C(=O)NC(=O)N(c3ccc(O)cc3)C2=O)cc(Cl)c1OCc1ccc(C(=O)O)cc1. The Bertz CT molecular complexity index is 1450. The second kappa shape index (κ2) is 11.1. The van der Waals surface area contributed by atoms with Crippen LogP contribution in [0.25, 0.3) is 6.08 Å². The van der Waals surface area contributed by atoms with Gasteiger partial charge in [0.05, 0.1) is 22.9 Å². The molecule has 0 aromatic heterocycles. The summed E-state index contributed by atoms with van der Waals surface area (Å²) < 4.78 is 11.5. The van der Waals surface area contributed by atoms with Gasteiger partial charge in [-0.3, -0.25) is 14.9 Å². The van der Waals surface area contributed by atoms with E-state index in [2.05, 4.69) is 5.32 Å². The molecule has 3 aromatic rings. The zero-order valence-electron chi connectivity index (χ0n) is 19.9. The van der Waals surface area contributed by atoms with E-state index in [1.54, 1.807) is 19.1 Å². The molecular formula is C27H21ClN2O8. The minimum absolute atomic E-state index is 0.0526. The predicted octanol–water partition coefficient (Wildman–Crippen LogP) is 4.39. The van der Waals surface area contributed by atoms with Crippen LogP contribution < -0.4 is 19.7 Å². The molecule has 1 saturated heterocycles. The van der Waals surface area contributed by atoms with E-state index in [-0.39, 0.29) is 52.3 Å². The first-order valence-electron chi connectivity index (χ1n) is 11.3. The van der Waals surface area contributed by atoms with Crippen LogP contribution in [-0.4, -0.2) is 40.6 Å². The first kappa shape index (κ1) is 26.2. The zero-order chi connectivity index (χ0) is 27.4. The lowest BCUT2D eigenvalue weighted by atomic mass is 10.1. The van der Waals surface area contributed by atoms with Crippen molar-refractivity contribution in [3.63, 3.8) is 0 Å². The van der Waals surface area contributed by atoms with E-state index < -0.39 is 23.8 Å². The number of nitrogens with zero attached hydrogens (tertiary/aromatic N) is 1. The number of carbonyl (C=O) groups is 4. The summed E-state index contributed by atoms with van der Waals surface area (Å²) in [4.78, 5) is 49.8. The van der Waals surface area contributed by atoms with Crippen LogP contribution >= 0.6 is 11.6 Å². The van der Waals surface area contributed by atoms with Gasteiger partial charge in [-0.05, 0) is 72.7 Å². The molecule has 3 aromatic carbocycles. The number of halogens is 1. The number of hydrogen-bond donors (Lipinski definition) is 3. The minimum Gasteiger partial charge on any atom is -0.508 e. The summed E-state index contributed by atoms with van der Waals surface area (Å²) in [6.45, 7) is 2.10. The van der Waals surface area contributed by atoms with E-state index in [1.165, 1.54) is 54.6 Å². The van der Waals surface area contributed by atoms with E-state index in [0.29, 0.717) is 11.1 Å². The highest BCUT2D eigenvalue weighted by Gasteiger charge is 2.37. The van der Waals surface area contributed by atoms with Crippen LogP contribution in [0.4, 0.5) is 10.5 Å². The van der Waals surface area contributed by atoms with Crippen molar-refractivity contribution < 1.29 is 38.9 Å². The van der Waals surface area contributed by atoms with Gasteiger partial charge in [-0.2, -0.15) is 0 Å². The summed E-state index contributed by atoms with van der Waals surface area (Å²) in [5.74, 6) is -2.35. The lowest BCUT2D eigenvalue weighted by Gasteiger charge is -2.26. The van der Waals surface area contributed by atoms with Crippen LogP contribution in [0.3, 0.4) is 0 Å². The fourth-order valence-corrected chi connectivity index (χ4v) is 3.91. The van der Waals surface area contributed by atoms with Crippen LogP contribution in [-0.2, 0) is 16.2 Å². The maximum absolute atomic E-state index is 13.1. The quantitative estimate of drug-likeness (QED) is 0.284. The molecule has 0 atom stereocenters. The molecule has 0 unspecified atom stereocenters. The van der Waals surface area contributed by atoms with Gasteiger partial charge in [0.15, 0.2) is 11.5 Å². The molecule has 0 aliphatic carbocycles. The number of carbonyl (C=O) groups excluding carboxylic acids is 3. The Labute approximate surface area is 221 Å². The Hall–Kier alpha value is -4.83. The van der Waals surface area contributed by atoms with Crippen molar-refractivity contribution in [2.24, 2.45) is 0 Å². The van der Waals surface area contributed by atoms with Gasteiger partial charge >= 0.3 is 12.0 Å². The number of aromatic carboxylic acids is 1. The van der Waals surface area contributed by atoms with Crippen molar-refractivity contribution in [2.75, 3.05) is 11.5 Å². The van der Waals surface area contributed by atoms with Crippen molar-refractivity contribution in [2.45, 2.75) is 13.5 Å². The molecule has 0 radical (unpaired) electrons. The van der Waals surface area contributed by atoms with Crippen molar-refractivity contribution in [1.82, 2.24) is 5.32 Å². The third kappa shape index (κ3) is 5.60. The molecule has 38 heavy (non-hydrogen) atoms. The summed E-state index contributed by atoms with van der Waals surface area (Å²) >= 11 is 6.47. The Morgan fingerprint density at radius 2 is 1.71 bits per heavy atom. The Kier molecular flexibility index (Phi) is 7.63. The first-order valence-corrected chi connectivity index (χ1v) is 11.7. The monoisotopic (exact) mass is 536 g/mol. The number of barbiturate groups is 1. The standard InChI is InChI=1S/C27H21ClN2O8/c1-2-37-22-13-16(12-21(28)23(22)38-14-15-3-5-17(6-4-15)26(34)35)11-20-24(32)29-27(36)30(25(20)33)18-7-9-19(31)10-8-18/h3-13,31H,2,14H2,1H3,(H,34,35)(H,29,32,36)/b20-11+. The molecule has 3 N–H and O–H groups in total. The lowest BCUT2D eigenvalue weighted by Crippen LogP contribution is -2.54. The van der Waals surface area contributed by atoms with Gasteiger partial charge in [-0.15, -0.1) is 0 Å². The zero-order valence-corrected chi connectivity index (χ0v) is 20.7. The molecule has 4 amide bonds. The van der Waals surface area contributed by atoms with Crippen molar-refractivity contribution in [3.8, 4) is 17.2 Å². The molecule has 0 bridgehead atoms. The molecule has 0 spiro atoms. The van der Waals surface area contributed by atoms with Crippen LogP contribution in [0.5, 0.6) is 17.2 Å². The highest BCUT2D eigenvalue weighted by molar-refractivity contribution is 6.39. The highest BCUT2D eigenvalue weighted by atomic mass is 35.5. The molecule has 1 heterocycles. The van der Waals surface area contributed by atoms with Gasteiger partial charge in [0.1, 0.15) is 17.9 Å². The summed E-state index contributed by atoms with van der Waals surface area (Å²) in [5, 5.41) is 20.8. The van der Waals surface area contributed by atoms with Gasteiger partial charge in [-0.25, -0.2) is 14.5 Å². The number of anilines is 1. The molecule has 4 rings (SSSR count). The number of urea groups is 1. The van der Waals surface area contributed by atoms with E-state index >= 15 is 0 Å². The van der Waals surface area contributed by atoms with Gasteiger partial charge in [0, 0.05) is 0 Å². The number of imide groups is 2. The number of carboxylic acid groups (broad SMARTS) is 1. The van der Waals surface area contributed by atoms with Gasteiger partial charge in [0.2, 0.25) is 0 Å². The van der Waals surface area contributed by atoms with Gasteiger partial charge in [-0.1, -0.05) is 23.7 Å². The van der Waals surface area contributed by atoms with E-state index in [0.717, 1.165) is 4.90 Å². The molecule has 1 aliphatic heterocycles. The number of carboxylic acids is 1. The normalized spacial score (nSPS) is 14.4. The van der Waals surface area contributed by atoms with Gasteiger partial charge < -0.3 is 19.7 Å². The Morgan fingerprint density at radius 1 is 1.03 bits per heavy atom. The number of nitrogens with one attached hydrogen (secondary N) is 1. The number of aromatic hydroxyl groups is 1. The number of phenols is 1. The predicted molar refractivity (Wildman–Crippen MR) is 137 cm³/mol. The molecule has 1 fully saturated rings. The number of hydrogen-bond acceptors (Lipinski definition) is 7. The smallest absolute Gasteiger partial charge is 0.335 e. The average Bonchev–Trinajstić information content (AvgIpc) is 2.87.